The van der Waals surface area contributed by atoms with Crippen LogP contribution in [0.15, 0.2) is 48.5 Å². The van der Waals surface area contributed by atoms with Crippen molar-refractivity contribution in [2.75, 3.05) is 12.8 Å². The summed E-state index contributed by atoms with van der Waals surface area (Å²) in [6, 6.07) is 14.7. The first-order valence-corrected chi connectivity index (χ1v) is 6.68. The maximum atomic E-state index is 6.15. The molecule has 0 atom stereocenters. The maximum Gasteiger partial charge on any atom is 0.155 e. The molecule has 6 heteroatoms. The van der Waals surface area contributed by atoms with Crippen molar-refractivity contribution in [3.05, 3.63) is 53.6 Å². The van der Waals surface area contributed by atoms with Gasteiger partial charge in [-0.25, -0.2) is 0 Å². The lowest BCUT2D eigenvalue weighted by atomic mass is 10.1. The summed E-state index contributed by atoms with van der Waals surface area (Å²) < 4.78 is 6.72. The van der Waals surface area contributed by atoms with Crippen LogP contribution in [0.1, 0.15) is 0 Å². The number of methoxy groups -OCH3 is 1. The van der Waals surface area contributed by atoms with Crippen LogP contribution in [0.5, 0.6) is 5.75 Å². The van der Waals surface area contributed by atoms with Crippen LogP contribution in [-0.4, -0.2) is 22.1 Å². The summed E-state index contributed by atoms with van der Waals surface area (Å²) in [7, 11) is 1.62. The van der Waals surface area contributed by atoms with E-state index < -0.39 is 0 Å². The molecule has 21 heavy (non-hydrogen) atoms. The molecule has 106 valence electrons. The Morgan fingerprint density at radius 3 is 2.33 bits per heavy atom. The van der Waals surface area contributed by atoms with Crippen LogP contribution in [0.4, 0.5) is 5.82 Å². The van der Waals surface area contributed by atoms with E-state index in [4.69, 9.17) is 22.1 Å². The number of hydrogen-bond acceptors (Lipinski definition) is 4. The fourth-order valence-corrected chi connectivity index (χ4v) is 2.14. The summed E-state index contributed by atoms with van der Waals surface area (Å²) in [5.74, 6) is 1.25. The first-order chi connectivity index (χ1) is 10.2. The number of anilines is 1. The van der Waals surface area contributed by atoms with Crippen molar-refractivity contribution in [2.45, 2.75) is 0 Å². The number of ether oxygens (including phenoxy) is 1. The normalized spacial score (nSPS) is 10.6. The molecule has 3 rings (SSSR count). The summed E-state index contributed by atoms with van der Waals surface area (Å²) in [5.41, 5.74) is 8.47. The van der Waals surface area contributed by atoms with Gasteiger partial charge in [0.25, 0.3) is 0 Å². The number of rotatable bonds is 3. The Morgan fingerprint density at radius 2 is 1.71 bits per heavy atom. The molecule has 1 heterocycles. The van der Waals surface area contributed by atoms with E-state index in [1.54, 1.807) is 23.9 Å². The van der Waals surface area contributed by atoms with Gasteiger partial charge in [-0.2, -0.15) is 4.68 Å². The van der Waals surface area contributed by atoms with E-state index in [0.717, 1.165) is 17.0 Å². The molecular weight excluding hydrogens is 288 g/mol. The summed E-state index contributed by atoms with van der Waals surface area (Å²) in [5, 5.41) is 8.92. The van der Waals surface area contributed by atoms with Gasteiger partial charge in [0.1, 0.15) is 11.4 Å². The van der Waals surface area contributed by atoms with Gasteiger partial charge in [0.15, 0.2) is 5.82 Å². The van der Waals surface area contributed by atoms with Crippen LogP contribution in [0.2, 0.25) is 5.02 Å². The van der Waals surface area contributed by atoms with E-state index in [0.29, 0.717) is 16.5 Å². The number of nitrogen functional groups attached to an aromatic ring is 1. The predicted octanol–water partition coefficient (Wildman–Crippen LogP) is 3.18. The number of hydrogen-bond donors (Lipinski definition) is 1. The molecule has 0 radical (unpaired) electrons. The molecule has 1 aromatic heterocycles. The fraction of sp³-hybridized carbons (Fsp3) is 0.0667. The molecule has 5 nitrogen and oxygen atoms in total. The van der Waals surface area contributed by atoms with Gasteiger partial charge in [0.05, 0.1) is 12.8 Å². The molecule has 3 aromatic rings. The van der Waals surface area contributed by atoms with Crippen molar-refractivity contribution in [3.63, 3.8) is 0 Å². The van der Waals surface area contributed by atoms with Gasteiger partial charge in [-0.15, -0.1) is 5.10 Å². The second-order valence-electron chi connectivity index (χ2n) is 4.44. The molecule has 0 saturated carbocycles. The maximum absolute atomic E-state index is 6.15. The molecule has 2 aromatic carbocycles. The van der Waals surface area contributed by atoms with E-state index in [2.05, 4.69) is 10.3 Å². The standard InChI is InChI=1S/C15H13ClN4O/c1-21-13-8-6-12(7-9-13)20-15(17)14(18-19-20)10-2-4-11(16)5-3-10/h2-9H,17H2,1H3. The lowest BCUT2D eigenvalue weighted by molar-refractivity contribution is 0.414. The van der Waals surface area contributed by atoms with E-state index in [9.17, 15) is 0 Å². The monoisotopic (exact) mass is 300 g/mol. The molecule has 2 N–H and O–H groups in total. The Labute approximate surface area is 126 Å². The number of nitrogens with two attached hydrogens (primary N) is 1. The van der Waals surface area contributed by atoms with E-state index in [1.165, 1.54) is 0 Å². The minimum atomic E-state index is 0.475. The minimum absolute atomic E-state index is 0.475. The molecule has 0 aliphatic rings. The highest BCUT2D eigenvalue weighted by Gasteiger charge is 2.13. The van der Waals surface area contributed by atoms with Crippen molar-refractivity contribution in [2.24, 2.45) is 0 Å². The van der Waals surface area contributed by atoms with E-state index in [-0.39, 0.29) is 0 Å². The molecule has 0 spiro atoms. The van der Waals surface area contributed by atoms with Gasteiger partial charge in [-0.05, 0) is 36.4 Å². The summed E-state index contributed by atoms with van der Waals surface area (Å²) >= 11 is 5.88. The van der Waals surface area contributed by atoms with Crippen LogP contribution in [0.3, 0.4) is 0 Å². The number of benzene rings is 2. The number of aromatic nitrogens is 3. The van der Waals surface area contributed by atoms with E-state index >= 15 is 0 Å². The number of halogens is 1. The van der Waals surface area contributed by atoms with E-state index in [1.807, 2.05) is 36.4 Å². The molecular formula is C15H13ClN4O. The van der Waals surface area contributed by atoms with Gasteiger partial charge >= 0.3 is 0 Å². The van der Waals surface area contributed by atoms with Gasteiger partial charge in [-0.3, -0.25) is 0 Å². The first kappa shape index (κ1) is 13.5. The average Bonchev–Trinajstić information content (AvgIpc) is 2.90. The van der Waals surface area contributed by atoms with Crippen molar-refractivity contribution in [1.29, 1.82) is 0 Å². The van der Waals surface area contributed by atoms with Gasteiger partial charge in [-0.1, -0.05) is 28.9 Å². The summed E-state index contributed by atoms with van der Waals surface area (Å²) in [4.78, 5) is 0. The topological polar surface area (TPSA) is 66.0 Å². The SMILES string of the molecule is COc1ccc(-n2nnc(-c3ccc(Cl)cc3)c2N)cc1. The minimum Gasteiger partial charge on any atom is -0.497 e. The fourth-order valence-electron chi connectivity index (χ4n) is 2.02. The Kier molecular flexibility index (Phi) is 3.50. The van der Waals surface area contributed by atoms with Gasteiger partial charge in [0, 0.05) is 10.6 Å². The smallest absolute Gasteiger partial charge is 0.155 e. The molecule has 0 bridgehead atoms. The van der Waals surface area contributed by atoms with Gasteiger partial charge in [0.2, 0.25) is 0 Å². The molecule has 0 amide bonds. The molecule has 0 aliphatic carbocycles. The highest BCUT2D eigenvalue weighted by atomic mass is 35.5. The molecule has 0 unspecified atom stereocenters. The van der Waals surface area contributed by atoms with Crippen LogP contribution in [0, 0.1) is 0 Å². The summed E-state index contributed by atoms with van der Waals surface area (Å²) in [6.07, 6.45) is 0. The van der Waals surface area contributed by atoms with Gasteiger partial charge < -0.3 is 10.5 Å². The quantitative estimate of drug-likeness (QED) is 0.807. The third-order valence-corrected chi connectivity index (χ3v) is 3.39. The van der Waals surface area contributed by atoms with Crippen LogP contribution in [-0.2, 0) is 0 Å². The third kappa shape index (κ3) is 2.55. The summed E-state index contributed by atoms with van der Waals surface area (Å²) in [6.45, 7) is 0. The van der Waals surface area contributed by atoms with Crippen molar-refractivity contribution >= 4 is 17.4 Å². The second-order valence-corrected chi connectivity index (χ2v) is 4.88. The highest BCUT2D eigenvalue weighted by molar-refractivity contribution is 6.30. The third-order valence-electron chi connectivity index (χ3n) is 3.14. The van der Waals surface area contributed by atoms with Crippen LogP contribution >= 0.6 is 11.6 Å². The van der Waals surface area contributed by atoms with Crippen molar-refractivity contribution < 1.29 is 4.74 Å². The largest absolute Gasteiger partial charge is 0.497 e. The average molecular weight is 301 g/mol. The Bertz CT molecular complexity index is 750. The second kappa shape index (κ2) is 5.46. The first-order valence-electron chi connectivity index (χ1n) is 6.30. The lowest BCUT2D eigenvalue weighted by Crippen LogP contribution is -2.02. The predicted molar refractivity (Wildman–Crippen MR) is 82.8 cm³/mol. The van der Waals surface area contributed by atoms with Crippen LogP contribution < -0.4 is 10.5 Å². The Hall–Kier alpha value is -2.53. The van der Waals surface area contributed by atoms with Crippen molar-refractivity contribution in [1.82, 2.24) is 15.0 Å². The molecule has 0 aliphatic heterocycles. The highest BCUT2D eigenvalue weighted by Crippen LogP contribution is 2.26. The lowest BCUT2D eigenvalue weighted by Gasteiger charge is -2.05. The molecule has 0 fully saturated rings. The Balaban J connectivity index is 2.00. The Morgan fingerprint density at radius 1 is 1.05 bits per heavy atom. The van der Waals surface area contributed by atoms with Crippen LogP contribution in [0.25, 0.3) is 16.9 Å². The molecule has 0 saturated heterocycles. The zero-order valence-electron chi connectivity index (χ0n) is 11.3. The zero-order chi connectivity index (χ0) is 14.8. The zero-order valence-corrected chi connectivity index (χ0v) is 12.1. The van der Waals surface area contributed by atoms with Crippen molar-refractivity contribution in [3.8, 4) is 22.7 Å². The number of nitrogens with zero attached hydrogens (tertiary/aromatic N) is 3.